The molecule has 140 valence electrons. The zero-order chi connectivity index (χ0) is 19.4. The molecular weight excluding hydrogens is 389 g/mol. The largest absolute Gasteiger partial charge is 0.340 e. The Balaban J connectivity index is 1.76. The van der Waals surface area contributed by atoms with E-state index >= 15 is 0 Å². The van der Waals surface area contributed by atoms with Crippen molar-refractivity contribution in [2.75, 3.05) is 7.05 Å². The lowest BCUT2D eigenvalue weighted by Crippen LogP contribution is -2.27. The third-order valence-electron chi connectivity index (χ3n) is 3.85. The van der Waals surface area contributed by atoms with E-state index in [1.54, 1.807) is 32.2 Å². The predicted octanol–water partition coefficient (Wildman–Crippen LogP) is 4.74. The van der Waals surface area contributed by atoms with Gasteiger partial charge < -0.3 is 9.42 Å². The highest BCUT2D eigenvalue weighted by molar-refractivity contribution is 7.98. The molecule has 8 heteroatoms. The highest BCUT2D eigenvalue weighted by atomic mass is 35.5. The molecule has 0 unspecified atom stereocenters. The van der Waals surface area contributed by atoms with Crippen LogP contribution in [0, 0.1) is 12.7 Å². The topological polar surface area (TPSA) is 59.2 Å². The summed E-state index contributed by atoms with van der Waals surface area (Å²) in [5.74, 6) is 0.881. The van der Waals surface area contributed by atoms with E-state index in [1.165, 1.54) is 28.8 Å². The number of carbonyl (C=O) groups is 1. The molecule has 1 amide bonds. The minimum absolute atomic E-state index is 0.0768. The van der Waals surface area contributed by atoms with Gasteiger partial charge in [0.2, 0.25) is 5.89 Å². The molecule has 27 heavy (non-hydrogen) atoms. The number of halogens is 2. The normalized spacial score (nSPS) is 10.8. The van der Waals surface area contributed by atoms with Crippen LogP contribution in [0.4, 0.5) is 4.39 Å². The average molecular weight is 406 g/mol. The molecule has 0 N–H and O–H groups in total. The molecule has 0 radical (unpaired) electrons. The standard InChI is InChI=1S/C19H17ClFN3O2S/c1-12-22-18(23-26-12)11-27-17-9-4-3-6-13(17)19(25)24(2)10-14-15(20)7-5-8-16(14)21/h3-9H,10-11H2,1-2H3. The van der Waals surface area contributed by atoms with Gasteiger partial charge in [0.1, 0.15) is 5.82 Å². The quantitative estimate of drug-likeness (QED) is 0.554. The molecule has 0 aliphatic carbocycles. The Labute approximate surface area is 165 Å². The molecule has 1 aromatic heterocycles. The number of hydrogen-bond acceptors (Lipinski definition) is 5. The van der Waals surface area contributed by atoms with Crippen molar-refractivity contribution in [3.8, 4) is 0 Å². The van der Waals surface area contributed by atoms with Crippen LogP contribution in [0.1, 0.15) is 27.6 Å². The van der Waals surface area contributed by atoms with Gasteiger partial charge in [-0.3, -0.25) is 4.79 Å². The number of amides is 1. The van der Waals surface area contributed by atoms with E-state index in [2.05, 4.69) is 10.1 Å². The minimum Gasteiger partial charge on any atom is -0.340 e. The summed E-state index contributed by atoms with van der Waals surface area (Å²) in [6.07, 6.45) is 0. The van der Waals surface area contributed by atoms with Gasteiger partial charge in [0.15, 0.2) is 5.82 Å². The van der Waals surface area contributed by atoms with E-state index in [9.17, 15) is 9.18 Å². The van der Waals surface area contributed by atoms with E-state index in [0.717, 1.165) is 4.90 Å². The van der Waals surface area contributed by atoms with Gasteiger partial charge in [-0.25, -0.2) is 4.39 Å². The predicted molar refractivity (Wildman–Crippen MR) is 102 cm³/mol. The molecule has 0 aliphatic rings. The second-order valence-electron chi connectivity index (χ2n) is 5.88. The van der Waals surface area contributed by atoms with Crippen molar-refractivity contribution in [2.45, 2.75) is 24.1 Å². The number of rotatable bonds is 6. The SMILES string of the molecule is Cc1nc(CSc2ccccc2C(=O)N(C)Cc2c(F)cccc2Cl)no1. The number of thioether (sulfide) groups is 1. The van der Waals surface area contributed by atoms with Gasteiger partial charge in [-0.1, -0.05) is 35.0 Å². The number of aromatic nitrogens is 2. The second-order valence-corrected chi connectivity index (χ2v) is 7.30. The van der Waals surface area contributed by atoms with Crippen LogP contribution in [0.15, 0.2) is 51.9 Å². The molecule has 0 saturated carbocycles. The van der Waals surface area contributed by atoms with Crippen molar-refractivity contribution in [3.05, 3.63) is 76.1 Å². The fourth-order valence-corrected chi connectivity index (χ4v) is 3.62. The van der Waals surface area contributed by atoms with Crippen molar-refractivity contribution in [1.29, 1.82) is 0 Å². The first-order valence-electron chi connectivity index (χ1n) is 8.15. The maximum absolute atomic E-state index is 14.0. The van der Waals surface area contributed by atoms with E-state index in [1.807, 2.05) is 12.1 Å². The third-order valence-corrected chi connectivity index (χ3v) is 5.27. The van der Waals surface area contributed by atoms with Crippen LogP contribution in [0.2, 0.25) is 5.02 Å². The zero-order valence-electron chi connectivity index (χ0n) is 14.8. The molecule has 2 aromatic carbocycles. The smallest absolute Gasteiger partial charge is 0.255 e. The number of aryl methyl sites for hydroxylation is 1. The molecule has 3 aromatic rings. The van der Waals surface area contributed by atoms with E-state index < -0.39 is 5.82 Å². The van der Waals surface area contributed by atoms with Crippen molar-refractivity contribution >= 4 is 29.3 Å². The van der Waals surface area contributed by atoms with E-state index in [4.69, 9.17) is 16.1 Å². The van der Waals surface area contributed by atoms with Crippen molar-refractivity contribution < 1.29 is 13.7 Å². The van der Waals surface area contributed by atoms with Gasteiger partial charge in [0.25, 0.3) is 5.91 Å². The molecule has 0 saturated heterocycles. The van der Waals surface area contributed by atoms with Crippen molar-refractivity contribution in [2.24, 2.45) is 0 Å². The summed E-state index contributed by atoms with van der Waals surface area (Å²) >= 11 is 7.51. The minimum atomic E-state index is -0.433. The molecule has 0 atom stereocenters. The monoisotopic (exact) mass is 405 g/mol. The van der Waals surface area contributed by atoms with Gasteiger partial charge in [-0.05, 0) is 24.3 Å². The second kappa shape index (κ2) is 8.54. The highest BCUT2D eigenvalue weighted by Gasteiger charge is 2.19. The summed E-state index contributed by atoms with van der Waals surface area (Å²) in [6, 6.07) is 11.7. The van der Waals surface area contributed by atoms with Gasteiger partial charge in [-0.2, -0.15) is 4.98 Å². The van der Waals surface area contributed by atoms with Crippen LogP contribution < -0.4 is 0 Å². The third kappa shape index (κ3) is 4.67. The molecule has 0 aliphatic heterocycles. The molecule has 3 rings (SSSR count). The molecule has 5 nitrogen and oxygen atoms in total. The Bertz CT molecular complexity index is 943. The summed E-state index contributed by atoms with van der Waals surface area (Å²) in [5, 5.41) is 4.15. The molecule has 0 fully saturated rings. The molecule has 0 bridgehead atoms. The molecular formula is C19H17ClFN3O2S. The Hall–Kier alpha value is -2.38. The van der Waals surface area contributed by atoms with Gasteiger partial charge >= 0.3 is 0 Å². The van der Waals surface area contributed by atoms with Crippen LogP contribution in [-0.4, -0.2) is 28.0 Å². The Kier molecular flexibility index (Phi) is 6.13. The van der Waals surface area contributed by atoms with Crippen LogP contribution >= 0.6 is 23.4 Å². The summed E-state index contributed by atoms with van der Waals surface area (Å²) in [6.45, 7) is 1.80. The van der Waals surface area contributed by atoms with Crippen LogP contribution in [0.3, 0.4) is 0 Å². The summed E-state index contributed by atoms with van der Waals surface area (Å²) < 4.78 is 19.0. The van der Waals surface area contributed by atoms with Crippen LogP contribution in [-0.2, 0) is 12.3 Å². The highest BCUT2D eigenvalue weighted by Crippen LogP contribution is 2.27. The number of nitrogens with zero attached hydrogens (tertiary/aromatic N) is 3. The fraction of sp³-hybridized carbons (Fsp3) is 0.211. The van der Waals surface area contributed by atoms with Crippen molar-refractivity contribution in [3.63, 3.8) is 0 Å². The lowest BCUT2D eigenvalue weighted by atomic mass is 10.1. The number of hydrogen-bond donors (Lipinski definition) is 0. The lowest BCUT2D eigenvalue weighted by Gasteiger charge is -2.20. The Morgan fingerprint density at radius 1 is 1.26 bits per heavy atom. The van der Waals surface area contributed by atoms with Crippen LogP contribution in [0.25, 0.3) is 0 Å². The first kappa shape index (κ1) is 19.4. The maximum atomic E-state index is 14.0. The first-order valence-corrected chi connectivity index (χ1v) is 9.51. The lowest BCUT2D eigenvalue weighted by molar-refractivity contribution is 0.0780. The Morgan fingerprint density at radius 2 is 2.04 bits per heavy atom. The fourth-order valence-electron chi connectivity index (χ4n) is 2.51. The van der Waals surface area contributed by atoms with Gasteiger partial charge in [0, 0.05) is 36.0 Å². The van der Waals surface area contributed by atoms with Gasteiger partial charge in [0.05, 0.1) is 11.3 Å². The van der Waals surface area contributed by atoms with E-state index in [0.29, 0.717) is 33.6 Å². The maximum Gasteiger partial charge on any atom is 0.255 e. The van der Waals surface area contributed by atoms with E-state index in [-0.39, 0.29) is 12.5 Å². The summed E-state index contributed by atoms with van der Waals surface area (Å²) in [5.41, 5.74) is 0.820. The summed E-state index contributed by atoms with van der Waals surface area (Å²) in [7, 11) is 1.62. The van der Waals surface area contributed by atoms with Crippen LogP contribution in [0.5, 0.6) is 0 Å². The Morgan fingerprint density at radius 3 is 2.74 bits per heavy atom. The van der Waals surface area contributed by atoms with Gasteiger partial charge in [-0.15, -0.1) is 11.8 Å². The number of carbonyl (C=O) groups excluding carboxylic acids is 1. The first-order chi connectivity index (χ1) is 13.0. The number of benzene rings is 2. The average Bonchev–Trinajstić information content (AvgIpc) is 3.08. The molecule has 1 heterocycles. The van der Waals surface area contributed by atoms with Crippen molar-refractivity contribution in [1.82, 2.24) is 15.0 Å². The molecule has 0 spiro atoms. The summed E-state index contributed by atoms with van der Waals surface area (Å²) in [4.78, 5) is 19.3. The zero-order valence-corrected chi connectivity index (χ0v) is 16.4.